The van der Waals surface area contributed by atoms with E-state index in [2.05, 4.69) is 15.4 Å². The van der Waals surface area contributed by atoms with Gasteiger partial charge in [-0.2, -0.15) is 5.10 Å². The molecule has 0 radical (unpaired) electrons. The Labute approximate surface area is 218 Å². The molecule has 5 aromatic rings. The lowest BCUT2D eigenvalue weighted by Gasteiger charge is -2.18. The number of halogens is 2. The molecule has 7 nitrogen and oxygen atoms in total. The van der Waals surface area contributed by atoms with Crippen LogP contribution in [-0.2, 0) is 4.79 Å². The molecular weight excluding hydrogens is 510 g/mol. The van der Waals surface area contributed by atoms with Crippen molar-refractivity contribution in [1.29, 1.82) is 0 Å². The minimum absolute atomic E-state index is 0.0431. The van der Waals surface area contributed by atoms with Crippen molar-refractivity contribution in [3.8, 4) is 22.8 Å². The van der Waals surface area contributed by atoms with Gasteiger partial charge < -0.3 is 15.2 Å². The average molecular weight is 529 g/mol. The third kappa shape index (κ3) is 4.41. The highest BCUT2D eigenvalue weighted by Gasteiger charge is 2.18. The van der Waals surface area contributed by atoms with Crippen LogP contribution >= 0.6 is 11.3 Å². The standard InChI is InChI=1S/C28H18F2N4O3S/c29-18-7-8-22(21(30)12-18)33-28-34(31-13-20-19-4-2-1-3-16(19)5-9-25(20)35)24(15-38-28)17-6-10-26-23(11-17)32-27(36)14-37-26/h1-13,15,35H,14H2,(H,32,36). The lowest BCUT2D eigenvalue weighted by Crippen LogP contribution is -2.25. The molecule has 1 amide bonds. The molecule has 0 fully saturated rings. The summed E-state index contributed by atoms with van der Waals surface area (Å²) in [6.07, 6.45) is 1.51. The molecule has 0 bridgehead atoms. The molecule has 6 rings (SSSR count). The van der Waals surface area contributed by atoms with E-state index < -0.39 is 11.6 Å². The normalized spacial score (nSPS) is 13.5. The van der Waals surface area contributed by atoms with Gasteiger partial charge in [-0.15, -0.1) is 11.3 Å². The summed E-state index contributed by atoms with van der Waals surface area (Å²) in [5.41, 5.74) is 2.23. The van der Waals surface area contributed by atoms with Crippen molar-refractivity contribution in [3.05, 3.63) is 100 Å². The Morgan fingerprint density at radius 2 is 1.92 bits per heavy atom. The van der Waals surface area contributed by atoms with Crippen LogP contribution in [0.4, 0.5) is 20.2 Å². The Balaban J connectivity index is 1.53. The van der Waals surface area contributed by atoms with Gasteiger partial charge >= 0.3 is 0 Å². The van der Waals surface area contributed by atoms with E-state index in [1.54, 1.807) is 23.6 Å². The smallest absolute Gasteiger partial charge is 0.262 e. The van der Waals surface area contributed by atoms with Crippen LogP contribution < -0.4 is 14.9 Å². The summed E-state index contributed by atoms with van der Waals surface area (Å²) in [5, 5.41) is 21.5. The fraction of sp³-hybridized carbons (Fsp3) is 0.0357. The van der Waals surface area contributed by atoms with E-state index >= 15 is 0 Å². The maximum Gasteiger partial charge on any atom is 0.262 e. The van der Waals surface area contributed by atoms with Gasteiger partial charge in [-0.05, 0) is 47.2 Å². The largest absolute Gasteiger partial charge is 0.507 e. The molecule has 10 heteroatoms. The lowest BCUT2D eigenvalue weighted by molar-refractivity contribution is -0.118. The average Bonchev–Trinajstić information content (AvgIpc) is 3.31. The highest BCUT2D eigenvalue weighted by atomic mass is 32.1. The monoisotopic (exact) mass is 528 g/mol. The number of phenols is 1. The molecule has 38 heavy (non-hydrogen) atoms. The van der Waals surface area contributed by atoms with Crippen molar-refractivity contribution in [2.24, 2.45) is 10.1 Å². The molecule has 0 aliphatic carbocycles. The van der Waals surface area contributed by atoms with Crippen molar-refractivity contribution >= 4 is 45.6 Å². The van der Waals surface area contributed by atoms with Crippen LogP contribution in [-0.4, -0.2) is 28.5 Å². The van der Waals surface area contributed by atoms with Crippen molar-refractivity contribution in [3.63, 3.8) is 0 Å². The van der Waals surface area contributed by atoms with Gasteiger partial charge in [-0.25, -0.2) is 18.4 Å². The van der Waals surface area contributed by atoms with Gasteiger partial charge in [0.2, 0.25) is 4.80 Å². The van der Waals surface area contributed by atoms with Crippen LogP contribution in [0.25, 0.3) is 22.0 Å². The number of carbonyl (C=O) groups excluding carboxylic acids is 1. The van der Waals surface area contributed by atoms with Crippen molar-refractivity contribution in [2.45, 2.75) is 0 Å². The van der Waals surface area contributed by atoms with E-state index in [1.807, 2.05) is 36.4 Å². The number of amides is 1. The minimum atomic E-state index is -0.809. The van der Waals surface area contributed by atoms with Gasteiger partial charge in [0.1, 0.15) is 23.0 Å². The molecule has 1 aliphatic rings. The van der Waals surface area contributed by atoms with Crippen LogP contribution in [0.1, 0.15) is 5.56 Å². The van der Waals surface area contributed by atoms with E-state index in [9.17, 15) is 18.7 Å². The first kappa shape index (κ1) is 23.6. The maximum atomic E-state index is 14.4. The fourth-order valence-electron chi connectivity index (χ4n) is 4.14. The topological polar surface area (TPSA) is 88.2 Å². The molecule has 0 saturated heterocycles. The molecule has 1 aliphatic heterocycles. The molecule has 2 heterocycles. The number of ether oxygens (including phenoxy) is 1. The van der Waals surface area contributed by atoms with Crippen LogP contribution in [0.3, 0.4) is 0 Å². The van der Waals surface area contributed by atoms with Gasteiger partial charge in [-0.3, -0.25) is 4.79 Å². The summed E-state index contributed by atoms with van der Waals surface area (Å²) < 4.78 is 34.9. The van der Waals surface area contributed by atoms with Gasteiger partial charge in [0.15, 0.2) is 12.4 Å². The summed E-state index contributed by atoms with van der Waals surface area (Å²) in [5.74, 6) is -1.20. The molecular formula is C28H18F2N4O3S. The first-order valence-corrected chi connectivity index (χ1v) is 12.4. The predicted molar refractivity (Wildman–Crippen MR) is 142 cm³/mol. The molecule has 0 unspecified atom stereocenters. The molecule has 2 N–H and O–H groups in total. The molecule has 0 saturated carbocycles. The summed E-state index contributed by atoms with van der Waals surface area (Å²) in [4.78, 5) is 16.5. The molecule has 0 atom stereocenters. The second-order valence-electron chi connectivity index (χ2n) is 8.43. The number of aromatic nitrogens is 1. The summed E-state index contributed by atoms with van der Waals surface area (Å²) in [6, 6.07) is 19.4. The third-order valence-electron chi connectivity index (χ3n) is 5.97. The minimum Gasteiger partial charge on any atom is -0.507 e. The highest BCUT2D eigenvalue weighted by molar-refractivity contribution is 7.07. The molecule has 4 aromatic carbocycles. The highest BCUT2D eigenvalue weighted by Crippen LogP contribution is 2.33. The number of hydrogen-bond acceptors (Lipinski definition) is 6. The zero-order chi connectivity index (χ0) is 26.2. The summed E-state index contributed by atoms with van der Waals surface area (Å²) in [7, 11) is 0. The van der Waals surface area contributed by atoms with E-state index in [4.69, 9.17) is 4.74 Å². The number of nitrogens with zero attached hydrogens (tertiary/aromatic N) is 3. The Morgan fingerprint density at radius 1 is 1.05 bits per heavy atom. The first-order chi connectivity index (χ1) is 18.5. The zero-order valence-corrected chi connectivity index (χ0v) is 20.4. The first-order valence-electron chi connectivity index (χ1n) is 11.5. The number of rotatable bonds is 4. The zero-order valence-electron chi connectivity index (χ0n) is 19.6. The van der Waals surface area contributed by atoms with Crippen molar-refractivity contribution in [1.82, 2.24) is 4.68 Å². The number of hydrogen-bond donors (Lipinski definition) is 2. The van der Waals surface area contributed by atoms with Crippen LogP contribution in [0, 0.1) is 11.6 Å². The number of anilines is 1. The Hall–Kier alpha value is -4.83. The van der Waals surface area contributed by atoms with Gasteiger partial charge in [-0.1, -0.05) is 30.3 Å². The number of benzene rings is 4. The number of nitrogens with one attached hydrogen (secondary N) is 1. The number of thiazole rings is 1. The maximum absolute atomic E-state index is 14.4. The van der Waals surface area contributed by atoms with Crippen molar-refractivity contribution < 1.29 is 23.4 Å². The lowest BCUT2D eigenvalue weighted by atomic mass is 10.0. The van der Waals surface area contributed by atoms with Crippen LogP contribution in [0.2, 0.25) is 0 Å². The molecule has 0 spiro atoms. The van der Waals surface area contributed by atoms with Crippen LogP contribution in [0.5, 0.6) is 11.5 Å². The molecule has 1 aromatic heterocycles. The van der Waals surface area contributed by atoms with Gasteiger partial charge in [0.25, 0.3) is 5.91 Å². The summed E-state index contributed by atoms with van der Waals surface area (Å²) in [6.45, 7) is -0.0596. The quantitative estimate of drug-likeness (QED) is 0.289. The number of carbonyl (C=O) groups is 1. The van der Waals surface area contributed by atoms with E-state index in [0.717, 1.165) is 22.9 Å². The van der Waals surface area contributed by atoms with Crippen LogP contribution in [0.15, 0.2) is 88.3 Å². The predicted octanol–water partition coefficient (Wildman–Crippen LogP) is 5.80. The number of fused-ring (bicyclic) bond motifs is 2. The van der Waals surface area contributed by atoms with Crippen molar-refractivity contribution in [2.75, 3.05) is 11.9 Å². The van der Waals surface area contributed by atoms with Gasteiger partial charge in [0, 0.05) is 22.6 Å². The Kier molecular flexibility index (Phi) is 5.93. The Morgan fingerprint density at radius 3 is 2.79 bits per heavy atom. The van der Waals surface area contributed by atoms with Gasteiger partial charge in [0.05, 0.1) is 17.6 Å². The van der Waals surface area contributed by atoms with E-state index in [-0.39, 0.29) is 24.0 Å². The summed E-state index contributed by atoms with van der Waals surface area (Å²) >= 11 is 1.20. The Bertz CT molecular complexity index is 1830. The SMILES string of the molecule is O=C1COc2ccc(-c3csc(=Nc4ccc(F)cc4F)n3N=Cc3c(O)ccc4ccccc34)cc2N1. The molecule has 188 valence electrons. The van der Waals surface area contributed by atoms with E-state index in [1.165, 1.54) is 28.3 Å². The fourth-order valence-corrected chi connectivity index (χ4v) is 4.99. The number of phenolic OH excluding ortho intramolecular Hbond substituents is 1. The number of aromatic hydroxyl groups is 1. The second-order valence-corrected chi connectivity index (χ2v) is 9.27. The second kappa shape index (κ2) is 9.56. The van der Waals surface area contributed by atoms with E-state index in [0.29, 0.717) is 33.1 Å². The third-order valence-corrected chi connectivity index (χ3v) is 6.79.